The molecule has 2 aliphatic rings. The van der Waals surface area contributed by atoms with Crippen LogP contribution in [0.2, 0.25) is 0 Å². The van der Waals surface area contributed by atoms with E-state index in [4.69, 9.17) is 19.6 Å². The number of halogens is 4. The van der Waals surface area contributed by atoms with E-state index in [0.717, 1.165) is 37.6 Å². The van der Waals surface area contributed by atoms with Crippen LogP contribution in [0.15, 0.2) is 33.9 Å². The normalized spacial score (nSPS) is 18.4. The van der Waals surface area contributed by atoms with E-state index in [1.165, 1.54) is 21.3 Å². The zero-order valence-electron chi connectivity index (χ0n) is 22.7. The van der Waals surface area contributed by atoms with Crippen LogP contribution in [0.5, 0.6) is 0 Å². The second-order valence-corrected chi connectivity index (χ2v) is 9.88. The van der Waals surface area contributed by atoms with Crippen LogP contribution >= 0.6 is 0 Å². The van der Waals surface area contributed by atoms with Crippen molar-refractivity contribution in [1.82, 2.24) is 24.0 Å². The number of carbonyl (C=O) groups is 1. The lowest BCUT2D eigenvalue weighted by molar-refractivity contribution is -0.192. The molecule has 0 bridgehead atoms. The Morgan fingerprint density at radius 1 is 1.15 bits per heavy atom. The lowest BCUT2D eigenvalue weighted by Gasteiger charge is -2.25. The maximum Gasteiger partial charge on any atom is 0.490 e. The third-order valence-electron chi connectivity index (χ3n) is 7.36. The number of benzene rings is 1. The number of aryl methyl sites for hydroxylation is 3. The van der Waals surface area contributed by atoms with Gasteiger partial charge in [0.1, 0.15) is 5.82 Å². The van der Waals surface area contributed by atoms with Crippen LogP contribution in [0.1, 0.15) is 18.9 Å². The highest BCUT2D eigenvalue weighted by atomic mass is 19.4. The van der Waals surface area contributed by atoms with Gasteiger partial charge in [-0.1, -0.05) is 12.1 Å². The summed E-state index contributed by atoms with van der Waals surface area (Å²) in [4.78, 5) is 42.6. The summed E-state index contributed by atoms with van der Waals surface area (Å²) in [5, 5.41) is 10.6. The van der Waals surface area contributed by atoms with Crippen LogP contribution in [0.3, 0.4) is 0 Å². The highest BCUT2D eigenvalue weighted by molar-refractivity contribution is 5.75. The summed E-state index contributed by atoms with van der Waals surface area (Å²) in [5.41, 5.74) is 1.04. The molecule has 3 aromatic rings. The number of nitrogens with one attached hydrogen (secondary N) is 1. The van der Waals surface area contributed by atoms with Gasteiger partial charge in [-0.15, -0.1) is 0 Å². The maximum atomic E-state index is 13.6. The van der Waals surface area contributed by atoms with Crippen LogP contribution in [-0.4, -0.2) is 74.8 Å². The first-order valence-electron chi connectivity index (χ1n) is 13.2. The van der Waals surface area contributed by atoms with Gasteiger partial charge in [0, 0.05) is 45.9 Å². The zero-order valence-corrected chi connectivity index (χ0v) is 22.7. The highest BCUT2D eigenvalue weighted by Crippen LogP contribution is 2.33. The molecular formula is C26H32F4N6O5. The summed E-state index contributed by atoms with van der Waals surface area (Å²) < 4.78 is 55.2. The van der Waals surface area contributed by atoms with Crippen molar-refractivity contribution in [2.24, 2.45) is 13.0 Å². The molecule has 2 N–H and O–H groups in total. The van der Waals surface area contributed by atoms with E-state index >= 15 is 0 Å². The van der Waals surface area contributed by atoms with Gasteiger partial charge in [0.2, 0.25) is 5.95 Å². The van der Waals surface area contributed by atoms with Crippen LogP contribution in [-0.2, 0) is 36.1 Å². The number of carboxylic acid groups (broad SMARTS) is 1. The first-order chi connectivity index (χ1) is 19.4. The summed E-state index contributed by atoms with van der Waals surface area (Å²) in [6, 6.07) is 6.73. The lowest BCUT2D eigenvalue weighted by Crippen LogP contribution is -2.40. The molecule has 0 saturated carbocycles. The molecule has 15 heteroatoms. The molecule has 1 aromatic carbocycles. The summed E-state index contributed by atoms with van der Waals surface area (Å²) in [6.07, 6.45) is -3.41. The molecule has 2 aliphatic heterocycles. The SMILES string of the molecule is CCOCCn1c(=O)c2c(nc(N3CCC4CNCC43)n2CCc2ccc(F)cc2)n(C)c1=O.O=C(O)C(F)(F)F. The monoisotopic (exact) mass is 584 g/mol. The van der Waals surface area contributed by atoms with E-state index in [-0.39, 0.29) is 24.5 Å². The zero-order chi connectivity index (χ0) is 29.9. The number of fused-ring (bicyclic) bond motifs is 2. The smallest absolute Gasteiger partial charge is 0.475 e. The van der Waals surface area contributed by atoms with Crippen molar-refractivity contribution in [2.45, 2.75) is 45.1 Å². The molecule has 2 atom stereocenters. The topological polar surface area (TPSA) is 124 Å². The quantitative estimate of drug-likeness (QED) is 0.303. The first-order valence-corrected chi connectivity index (χ1v) is 13.2. The van der Waals surface area contributed by atoms with Crippen LogP contribution in [0.25, 0.3) is 11.2 Å². The number of aromatic nitrogens is 4. The van der Waals surface area contributed by atoms with Gasteiger partial charge < -0.3 is 24.6 Å². The molecule has 41 heavy (non-hydrogen) atoms. The second-order valence-electron chi connectivity index (χ2n) is 9.88. The Kier molecular flexibility index (Phi) is 9.17. The lowest BCUT2D eigenvalue weighted by atomic mass is 10.1. The Morgan fingerprint density at radius 2 is 1.83 bits per heavy atom. The predicted molar refractivity (Wildman–Crippen MR) is 142 cm³/mol. The molecule has 11 nitrogen and oxygen atoms in total. The van der Waals surface area contributed by atoms with Gasteiger partial charge in [0.25, 0.3) is 5.56 Å². The largest absolute Gasteiger partial charge is 0.490 e. The van der Waals surface area contributed by atoms with Gasteiger partial charge in [0.05, 0.1) is 13.2 Å². The standard InChI is InChI=1S/C24H31FN6O3.C2HF3O2/c1-3-34-13-12-31-22(32)20-21(28(2)24(31)33)27-23(29-11-9-17-14-26-15-19(17)29)30(20)10-8-16-4-6-18(25)7-5-16;3-2(4,5)1(6)7/h4-7,17,19,26H,3,8-15H2,1-2H3;(H,6,7). The van der Waals surface area contributed by atoms with Crippen molar-refractivity contribution in [3.63, 3.8) is 0 Å². The first kappa shape index (κ1) is 30.2. The van der Waals surface area contributed by atoms with Gasteiger partial charge in [-0.25, -0.2) is 14.0 Å². The number of nitrogens with zero attached hydrogens (tertiary/aromatic N) is 5. The fraction of sp³-hybridized carbons (Fsp3) is 0.538. The molecule has 0 spiro atoms. The molecule has 4 heterocycles. The minimum atomic E-state index is -5.08. The molecule has 2 fully saturated rings. The number of alkyl halides is 3. The number of hydrogen-bond acceptors (Lipinski definition) is 7. The fourth-order valence-corrected chi connectivity index (χ4v) is 5.28. The number of carboxylic acids is 1. The Labute approximate surface area is 232 Å². The van der Waals surface area contributed by atoms with E-state index in [0.29, 0.717) is 42.7 Å². The number of hydrogen-bond donors (Lipinski definition) is 2. The van der Waals surface area contributed by atoms with E-state index in [1.807, 2.05) is 11.5 Å². The minimum absolute atomic E-state index is 0.187. The van der Waals surface area contributed by atoms with E-state index in [9.17, 15) is 27.2 Å². The number of aliphatic carboxylic acids is 1. The molecule has 0 amide bonds. The molecule has 224 valence electrons. The molecule has 5 rings (SSSR count). The number of ether oxygens (including phenoxy) is 1. The van der Waals surface area contributed by atoms with Crippen molar-refractivity contribution in [1.29, 1.82) is 0 Å². The summed E-state index contributed by atoms with van der Waals surface area (Å²) >= 11 is 0. The highest BCUT2D eigenvalue weighted by Gasteiger charge is 2.40. The van der Waals surface area contributed by atoms with Gasteiger partial charge in [0.15, 0.2) is 11.2 Å². The number of imidazole rings is 1. The third-order valence-corrected chi connectivity index (χ3v) is 7.36. The van der Waals surface area contributed by atoms with Crippen LogP contribution in [0.4, 0.5) is 23.5 Å². The van der Waals surface area contributed by atoms with Crippen molar-refractivity contribution in [3.8, 4) is 0 Å². The average molecular weight is 585 g/mol. The molecular weight excluding hydrogens is 552 g/mol. The van der Waals surface area contributed by atoms with Gasteiger partial charge in [-0.05, 0) is 43.4 Å². The fourth-order valence-electron chi connectivity index (χ4n) is 5.28. The van der Waals surface area contributed by atoms with Crippen molar-refractivity contribution < 1.29 is 32.2 Å². The Hall–Kier alpha value is -3.72. The Bertz CT molecular complexity index is 1500. The van der Waals surface area contributed by atoms with Crippen molar-refractivity contribution in [2.75, 3.05) is 37.7 Å². The second kappa shape index (κ2) is 12.4. The van der Waals surface area contributed by atoms with E-state index < -0.39 is 17.8 Å². The third kappa shape index (κ3) is 6.45. The summed E-state index contributed by atoms with van der Waals surface area (Å²) in [7, 11) is 1.66. The molecule has 2 unspecified atom stereocenters. The molecule has 0 aliphatic carbocycles. The maximum absolute atomic E-state index is 13.6. The Balaban J connectivity index is 0.000000493. The van der Waals surface area contributed by atoms with E-state index in [1.54, 1.807) is 19.2 Å². The molecule has 0 radical (unpaired) electrons. The number of rotatable bonds is 8. The predicted octanol–water partition coefficient (Wildman–Crippen LogP) is 1.75. The van der Waals surface area contributed by atoms with E-state index in [2.05, 4.69) is 10.2 Å². The van der Waals surface area contributed by atoms with Gasteiger partial charge >= 0.3 is 17.8 Å². The van der Waals surface area contributed by atoms with Gasteiger partial charge in [-0.3, -0.25) is 13.9 Å². The van der Waals surface area contributed by atoms with Crippen molar-refractivity contribution in [3.05, 3.63) is 56.5 Å². The number of anilines is 1. The minimum Gasteiger partial charge on any atom is -0.475 e. The molecule has 2 aromatic heterocycles. The molecule has 2 saturated heterocycles. The van der Waals surface area contributed by atoms with Crippen LogP contribution in [0, 0.1) is 11.7 Å². The average Bonchev–Trinajstić information content (AvgIpc) is 3.64. The summed E-state index contributed by atoms with van der Waals surface area (Å²) in [5.74, 6) is -1.76. The Morgan fingerprint density at radius 3 is 2.46 bits per heavy atom. The summed E-state index contributed by atoms with van der Waals surface area (Å²) in [6.45, 7) is 6.09. The van der Waals surface area contributed by atoms with Crippen LogP contribution < -0.4 is 21.5 Å². The van der Waals surface area contributed by atoms with Crippen molar-refractivity contribution >= 4 is 23.1 Å². The van der Waals surface area contributed by atoms with Gasteiger partial charge in [-0.2, -0.15) is 18.2 Å².